The van der Waals surface area contributed by atoms with Crippen LogP contribution < -0.4 is 10.1 Å². The Kier molecular flexibility index (Phi) is 5.28. The summed E-state index contributed by atoms with van der Waals surface area (Å²) in [5.41, 5.74) is 2.85. The van der Waals surface area contributed by atoms with Crippen LogP contribution in [-0.4, -0.2) is 39.7 Å². The van der Waals surface area contributed by atoms with E-state index in [1.807, 2.05) is 18.2 Å². The largest absolute Gasteiger partial charge is 0.496 e. The molecule has 2 aromatic carbocycles. The van der Waals surface area contributed by atoms with Crippen molar-refractivity contribution in [2.24, 2.45) is 5.16 Å². The zero-order valence-corrected chi connectivity index (χ0v) is 18.2. The molecule has 0 radical (unpaired) electrons. The van der Waals surface area contributed by atoms with Gasteiger partial charge in [-0.3, -0.25) is 9.59 Å². The van der Waals surface area contributed by atoms with Crippen LogP contribution in [0.4, 0.5) is 5.69 Å². The van der Waals surface area contributed by atoms with Crippen LogP contribution in [0.2, 0.25) is 0 Å². The Balaban J connectivity index is 1.61. The lowest BCUT2D eigenvalue weighted by Crippen LogP contribution is -2.33. The van der Waals surface area contributed by atoms with Crippen LogP contribution in [0.1, 0.15) is 34.8 Å². The molecule has 0 saturated heterocycles. The Morgan fingerprint density at radius 2 is 1.84 bits per heavy atom. The molecule has 31 heavy (non-hydrogen) atoms. The van der Waals surface area contributed by atoms with E-state index < -0.39 is 5.60 Å². The fourth-order valence-corrected chi connectivity index (χ4v) is 3.70. The first-order valence-electron chi connectivity index (χ1n) is 9.50. The van der Waals surface area contributed by atoms with E-state index >= 15 is 0 Å². The van der Waals surface area contributed by atoms with E-state index in [0.717, 1.165) is 22.7 Å². The Hall–Kier alpha value is -3.59. The van der Waals surface area contributed by atoms with E-state index in [1.165, 1.54) is 0 Å². The third kappa shape index (κ3) is 3.91. The molecule has 9 heteroatoms. The maximum atomic E-state index is 12.6. The minimum Gasteiger partial charge on any atom is -0.496 e. The SMILES string of the molecule is COc1ccc(C2=NOC(C)(C)C2=O)cc1-c1ccc(NC(=O)c2snnc2C)cc1. The van der Waals surface area contributed by atoms with E-state index in [0.29, 0.717) is 27.6 Å². The van der Waals surface area contributed by atoms with Crippen molar-refractivity contribution < 1.29 is 19.2 Å². The normalized spacial score (nSPS) is 14.7. The Morgan fingerprint density at radius 3 is 2.42 bits per heavy atom. The topological polar surface area (TPSA) is 103 Å². The number of Topliss-reactive ketones (excluding diaryl/α,β-unsaturated/α-hetero) is 1. The average molecular weight is 436 g/mol. The first kappa shape index (κ1) is 20.7. The van der Waals surface area contributed by atoms with Gasteiger partial charge in [-0.05, 0) is 68.2 Å². The number of carbonyl (C=O) groups excluding carboxylic acids is 2. The van der Waals surface area contributed by atoms with Crippen molar-refractivity contribution in [1.29, 1.82) is 0 Å². The van der Waals surface area contributed by atoms with Crippen LogP contribution in [0.5, 0.6) is 5.75 Å². The first-order valence-corrected chi connectivity index (χ1v) is 10.3. The molecule has 2 heterocycles. The van der Waals surface area contributed by atoms with Crippen molar-refractivity contribution >= 4 is 34.6 Å². The zero-order chi connectivity index (χ0) is 22.2. The second-order valence-corrected chi connectivity index (χ2v) is 8.26. The lowest BCUT2D eigenvalue weighted by molar-refractivity contribution is -0.128. The summed E-state index contributed by atoms with van der Waals surface area (Å²) >= 11 is 1.06. The maximum absolute atomic E-state index is 12.6. The molecule has 0 atom stereocenters. The monoisotopic (exact) mass is 436 g/mol. The molecule has 158 valence electrons. The number of aromatic nitrogens is 2. The number of ether oxygens (including phenoxy) is 1. The molecule has 0 unspecified atom stereocenters. The van der Waals surface area contributed by atoms with E-state index in [9.17, 15) is 9.59 Å². The number of anilines is 1. The van der Waals surface area contributed by atoms with E-state index in [-0.39, 0.29) is 17.4 Å². The standard InChI is InChI=1S/C22H20N4O4S/c1-12-19(31-26-24-12)21(28)23-15-8-5-13(6-9-15)16-11-14(7-10-17(16)29-4)18-20(27)22(2,3)30-25-18/h5-11H,1-4H3,(H,23,28). The number of carbonyl (C=O) groups is 2. The van der Waals surface area contributed by atoms with Gasteiger partial charge < -0.3 is 14.9 Å². The lowest BCUT2D eigenvalue weighted by Gasteiger charge is -2.13. The zero-order valence-electron chi connectivity index (χ0n) is 17.4. The average Bonchev–Trinajstić information content (AvgIpc) is 3.31. The summed E-state index contributed by atoms with van der Waals surface area (Å²) < 4.78 is 9.29. The van der Waals surface area contributed by atoms with Gasteiger partial charge in [-0.15, -0.1) is 5.10 Å². The fraction of sp³-hybridized carbons (Fsp3) is 0.227. The van der Waals surface area contributed by atoms with Gasteiger partial charge in [0.2, 0.25) is 5.78 Å². The quantitative estimate of drug-likeness (QED) is 0.652. The van der Waals surface area contributed by atoms with Crippen LogP contribution >= 0.6 is 11.5 Å². The Bertz CT molecular complexity index is 1200. The number of aryl methyl sites for hydroxylation is 1. The molecule has 3 aromatic rings. The van der Waals surface area contributed by atoms with Gasteiger partial charge in [0.15, 0.2) is 11.3 Å². The van der Waals surface area contributed by atoms with Gasteiger partial charge in [0, 0.05) is 16.8 Å². The van der Waals surface area contributed by atoms with E-state index in [4.69, 9.17) is 9.57 Å². The van der Waals surface area contributed by atoms with Crippen LogP contribution in [0.3, 0.4) is 0 Å². The molecule has 0 spiro atoms. The summed E-state index contributed by atoms with van der Waals surface area (Å²) in [5.74, 6) is 0.229. The number of ketones is 1. The number of rotatable bonds is 5. The van der Waals surface area contributed by atoms with Gasteiger partial charge in [-0.25, -0.2) is 0 Å². The number of oxime groups is 1. The predicted molar refractivity (Wildman–Crippen MR) is 118 cm³/mol. The van der Waals surface area contributed by atoms with Crippen LogP contribution in [0.15, 0.2) is 47.6 Å². The molecule has 1 aliphatic rings. The second kappa shape index (κ2) is 7.92. The molecule has 4 rings (SSSR count). The number of methoxy groups -OCH3 is 1. The number of nitrogens with zero attached hydrogens (tertiary/aromatic N) is 3. The molecule has 1 amide bonds. The van der Waals surface area contributed by atoms with Crippen molar-refractivity contribution in [3.8, 4) is 16.9 Å². The first-order chi connectivity index (χ1) is 14.8. The molecule has 0 bridgehead atoms. The summed E-state index contributed by atoms with van der Waals surface area (Å²) in [4.78, 5) is 30.7. The minimum absolute atomic E-state index is 0.172. The third-order valence-electron chi connectivity index (χ3n) is 4.91. The number of hydrogen-bond donors (Lipinski definition) is 1. The van der Waals surface area contributed by atoms with Crippen LogP contribution in [0, 0.1) is 6.92 Å². The number of nitrogens with one attached hydrogen (secondary N) is 1. The lowest BCUT2D eigenvalue weighted by atomic mass is 9.93. The van der Waals surface area contributed by atoms with Gasteiger partial charge in [0.25, 0.3) is 5.91 Å². The van der Waals surface area contributed by atoms with Crippen molar-refractivity contribution in [3.05, 3.63) is 58.6 Å². The highest BCUT2D eigenvalue weighted by molar-refractivity contribution is 7.08. The number of benzene rings is 2. The molecule has 1 N–H and O–H groups in total. The third-order valence-corrected chi connectivity index (χ3v) is 5.74. The fourth-order valence-electron chi connectivity index (χ4n) is 3.15. The Labute approximate surface area is 183 Å². The summed E-state index contributed by atoms with van der Waals surface area (Å²) in [5, 5.41) is 10.7. The Morgan fingerprint density at radius 1 is 1.13 bits per heavy atom. The van der Waals surface area contributed by atoms with Gasteiger partial charge in [-0.2, -0.15) is 0 Å². The second-order valence-electron chi connectivity index (χ2n) is 7.50. The molecule has 1 aliphatic heterocycles. The van der Waals surface area contributed by atoms with Crippen molar-refractivity contribution in [1.82, 2.24) is 9.59 Å². The summed E-state index contributed by atoms with van der Waals surface area (Å²) in [6, 6.07) is 12.8. The van der Waals surface area contributed by atoms with Gasteiger partial charge >= 0.3 is 0 Å². The minimum atomic E-state index is -0.971. The highest BCUT2D eigenvalue weighted by atomic mass is 32.1. The van der Waals surface area contributed by atoms with Crippen molar-refractivity contribution in [3.63, 3.8) is 0 Å². The van der Waals surface area contributed by atoms with Gasteiger partial charge in [-0.1, -0.05) is 21.8 Å². The molecule has 0 aliphatic carbocycles. The molecular formula is C22H20N4O4S. The van der Waals surface area contributed by atoms with Gasteiger partial charge in [0.05, 0.1) is 12.8 Å². The molecule has 1 aromatic heterocycles. The van der Waals surface area contributed by atoms with Crippen molar-refractivity contribution in [2.75, 3.05) is 12.4 Å². The molecule has 0 saturated carbocycles. The number of amides is 1. The molecule has 0 fully saturated rings. The van der Waals surface area contributed by atoms with E-state index in [2.05, 4.69) is 20.1 Å². The van der Waals surface area contributed by atoms with E-state index in [1.54, 1.807) is 52.1 Å². The van der Waals surface area contributed by atoms with Crippen LogP contribution in [0.25, 0.3) is 11.1 Å². The summed E-state index contributed by atoms with van der Waals surface area (Å²) in [6.07, 6.45) is 0. The highest BCUT2D eigenvalue weighted by Crippen LogP contribution is 2.33. The molecular weight excluding hydrogens is 416 g/mol. The van der Waals surface area contributed by atoms with Gasteiger partial charge in [0.1, 0.15) is 10.6 Å². The number of hydrogen-bond acceptors (Lipinski definition) is 8. The van der Waals surface area contributed by atoms with Crippen molar-refractivity contribution in [2.45, 2.75) is 26.4 Å². The highest BCUT2D eigenvalue weighted by Gasteiger charge is 2.40. The molecule has 8 nitrogen and oxygen atoms in total. The smallest absolute Gasteiger partial charge is 0.269 e. The predicted octanol–water partition coefficient (Wildman–Crippen LogP) is 3.86. The maximum Gasteiger partial charge on any atom is 0.269 e. The summed E-state index contributed by atoms with van der Waals surface area (Å²) in [7, 11) is 1.59. The van der Waals surface area contributed by atoms with Crippen LogP contribution in [-0.2, 0) is 9.63 Å². The summed E-state index contributed by atoms with van der Waals surface area (Å²) in [6.45, 7) is 5.12.